The number of likely N-dealkylation sites (tertiary alicyclic amines) is 1. The normalized spacial score (nSPS) is 17.4. The standard InChI is InChI=1S/C20H22N4O3/c25-12-19-22-17-6-5-15(9-18(17)23-19)20(26)24-8-2-4-16(11-24)27-13-14-3-1-7-21-10-14/h1,3,5-7,9-10,16,25H,2,4,8,11-13H2,(H,22,23). The Labute approximate surface area is 157 Å². The molecule has 2 aromatic heterocycles. The third kappa shape index (κ3) is 3.99. The van der Waals surface area contributed by atoms with E-state index in [1.54, 1.807) is 30.6 Å². The first-order chi connectivity index (χ1) is 13.2. The molecule has 1 unspecified atom stereocenters. The number of H-pyrrole nitrogens is 1. The third-order valence-electron chi connectivity index (χ3n) is 4.80. The Morgan fingerprint density at radius 2 is 2.30 bits per heavy atom. The van der Waals surface area contributed by atoms with Crippen molar-refractivity contribution < 1.29 is 14.6 Å². The summed E-state index contributed by atoms with van der Waals surface area (Å²) in [7, 11) is 0. The smallest absolute Gasteiger partial charge is 0.254 e. The lowest BCUT2D eigenvalue weighted by atomic mass is 10.1. The second-order valence-electron chi connectivity index (χ2n) is 6.76. The van der Waals surface area contributed by atoms with Crippen LogP contribution in [0, 0.1) is 0 Å². The van der Waals surface area contributed by atoms with E-state index in [0.717, 1.165) is 36.0 Å². The predicted molar refractivity (Wildman–Crippen MR) is 100.0 cm³/mol. The van der Waals surface area contributed by atoms with E-state index in [9.17, 15) is 9.90 Å². The fourth-order valence-corrected chi connectivity index (χ4v) is 3.41. The zero-order valence-electron chi connectivity index (χ0n) is 15.0. The zero-order valence-corrected chi connectivity index (χ0v) is 15.0. The van der Waals surface area contributed by atoms with Crippen LogP contribution in [0.5, 0.6) is 0 Å². The van der Waals surface area contributed by atoms with Crippen molar-refractivity contribution in [2.45, 2.75) is 32.2 Å². The highest BCUT2D eigenvalue weighted by Crippen LogP contribution is 2.20. The van der Waals surface area contributed by atoms with Crippen molar-refractivity contribution >= 4 is 16.9 Å². The van der Waals surface area contributed by atoms with Crippen LogP contribution in [-0.4, -0.2) is 50.1 Å². The number of ether oxygens (including phenoxy) is 1. The fraction of sp³-hybridized carbons (Fsp3) is 0.350. The number of pyridine rings is 1. The van der Waals surface area contributed by atoms with Crippen LogP contribution in [0.15, 0.2) is 42.7 Å². The predicted octanol–water partition coefficient (Wildman–Crippen LogP) is 2.27. The first-order valence-electron chi connectivity index (χ1n) is 9.12. The summed E-state index contributed by atoms with van der Waals surface area (Å²) in [5.74, 6) is 0.489. The molecule has 1 aromatic carbocycles. The summed E-state index contributed by atoms with van der Waals surface area (Å²) in [4.78, 5) is 26.1. The molecule has 1 aliphatic rings. The molecule has 1 atom stereocenters. The molecule has 3 heterocycles. The molecular formula is C20H22N4O3. The van der Waals surface area contributed by atoms with Gasteiger partial charge in [0.15, 0.2) is 0 Å². The van der Waals surface area contributed by atoms with Crippen LogP contribution in [0.2, 0.25) is 0 Å². The number of carbonyl (C=O) groups excluding carboxylic acids is 1. The summed E-state index contributed by atoms with van der Waals surface area (Å²) < 4.78 is 6.00. The lowest BCUT2D eigenvalue weighted by Crippen LogP contribution is -2.43. The molecule has 140 valence electrons. The lowest BCUT2D eigenvalue weighted by molar-refractivity contribution is -0.00680. The highest BCUT2D eigenvalue weighted by molar-refractivity contribution is 5.97. The molecule has 0 radical (unpaired) electrons. The second kappa shape index (κ2) is 7.85. The van der Waals surface area contributed by atoms with Crippen LogP contribution in [-0.2, 0) is 18.0 Å². The van der Waals surface area contributed by atoms with Crippen LogP contribution in [0.25, 0.3) is 11.0 Å². The van der Waals surface area contributed by atoms with Crippen molar-refractivity contribution in [2.24, 2.45) is 0 Å². The minimum atomic E-state index is -0.153. The number of hydrogen-bond donors (Lipinski definition) is 2. The van der Waals surface area contributed by atoms with Gasteiger partial charge in [-0.05, 0) is 42.7 Å². The molecular weight excluding hydrogens is 344 g/mol. The molecule has 0 spiro atoms. The maximum atomic E-state index is 12.9. The summed E-state index contributed by atoms with van der Waals surface area (Å²) in [5.41, 5.74) is 3.15. The average Bonchev–Trinajstić information content (AvgIpc) is 3.15. The van der Waals surface area contributed by atoms with Gasteiger partial charge in [0.2, 0.25) is 0 Å². The number of imidazole rings is 1. The lowest BCUT2D eigenvalue weighted by Gasteiger charge is -2.32. The van der Waals surface area contributed by atoms with Gasteiger partial charge in [0.1, 0.15) is 12.4 Å². The van der Waals surface area contributed by atoms with Gasteiger partial charge in [-0.25, -0.2) is 4.98 Å². The average molecular weight is 366 g/mol. The van der Waals surface area contributed by atoms with Crippen molar-refractivity contribution in [3.8, 4) is 0 Å². The van der Waals surface area contributed by atoms with Gasteiger partial charge in [-0.2, -0.15) is 0 Å². The Bertz CT molecular complexity index is 925. The van der Waals surface area contributed by atoms with E-state index in [1.165, 1.54) is 0 Å². The SMILES string of the molecule is O=C(c1ccc2nc(CO)[nH]c2c1)N1CCCC(OCc2cccnc2)C1. The van der Waals surface area contributed by atoms with Crippen molar-refractivity contribution in [3.63, 3.8) is 0 Å². The molecule has 7 heteroatoms. The van der Waals surface area contributed by atoms with E-state index in [2.05, 4.69) is 15.0 Å². The molecule has 1 fully saturated rings. The number of piperidine rings is 1. The summed E-state index contributed by atoms with van der Waals surface area (Å²) in [6.07, 6.45) is 5.43. The van der Waals surface area contributed by atoms with Crippen molar-refractivity contribution in [1.29, 1.82) is 0 Å². The van der Waals surface area contributed by atoms with E-state index >= 15 is 0 Å². The number of fused-ring (bicyclic) bond motifs is 1. The number of rotatable bonds is 5. The quantitative estimate of drug-likeness (QED) is 0.723. The van der Waals surface area contributed by atoms with Gasteiger partial charge < -0.3 is 19.7 Å². The number of aromatic amines is 1. The molecule has 0 bridgehead atoms. The minimum Gasteiger partial charge on any atom is -0.388 e. The molecule has 2 N–H and O–H groups in total. The Balaban J connectivity index is 1.42. The Morgan fingerprint density at radius 1 is 1.37 bits per heavy atom. The van der Waals surface area contributed by atoms with Crippen molar-refractivity contribution in [3.05, 3.63) is 59.7 Å². The number of nitrogens with zero attached hydrogens (tertiary/aromatic N) is 3. The van der Waals surface area contributed by atoms with Gasteiger partial charge in [-0.1, -0.05) is 6.07 Å². The second-order valence-corrected chi connectivity index (χ2v) is 6.76. The van der Waals surface area contributed by atoms with Gasteiger partial charge in [0.25, 0.3) is 5.91 Å². The van der Waals surface area contributed by atoms with Crippen LogP contribution in [0.1, 0.15) is 34.6 Å². The van der Waals surface area contributed by atoms with Crippen LogP contribution in [0.4, 0.5) is 0 Å². The first kappa shape index (κ1) is 17.6. The molecule has 4 rings (SSSR count). The Kier molecular flexibility index (Phi) is 5.13. The molecule has 0 aliphatic carbocycles. The van der Waals surface area contributed by atoms with Gasteiger partial charge in [0.05, 0.1) is 23.7 Å². The summed E-state index contributed by atoms with van der Waals surface area (Å²) in [5, 5.41) is 9.20. The van der Waals surface area contributed by atoms with Crippen LogP contribution in [0.3, 0.4) is 0 Å². The molecule has 1 saturated heterocycles. The third-order valence-corrected chi connectivity index (χ3v) is 4.80. The Morgan fingerprint density at radius 3 is 3.11 bits per heavy atom. The molecule has 0 saturated carbocycles. The Hall–Kier alpha value is -2.77. The number of aliphatic hydroxyl groups excluding tert-OH is 1. The fourth-order valence-electron chi connectivity index (χ4n) is 3.41. The molecule has 1 aliphatic heterocycles. The highest BCUT2D eigenvalue weighted by atomic mass is 16.5. The highest BCUT2D eigenvalue weighted by Gasteiger charge is 2.25. The summed E-state index contributed by atoms with van der Waals surface area (Å²) in [6, 6.07) is 9.26. The number of amides is 1. The number of benzene rings is 1. The summed E-state index contributed by atoms with van der Waals surface area (Å²) >= 11 is 0. The van der Waals surface area contributed by atoms with E-state index < -0.39 is 0 Å². The van der Waals surface area contributed by atoms with E-state index in [0.29, 0.717) is 24.5 Å². The van der Waals surface area contributed by atoms with Crippen LogP contribution < -0.4 is 0 Å². The number of hydrogen-bond acceptors (Lipinski definition) is 5. The van der Waals surface area contributed by atoms with E-state index in [-0.39, 0.29) is 18.6 Å². The summed E-state index contributed by atoms with van der Waals surface area (Å²) in [6.45, 7) is 1.67. The van der Waals surface area contributed by atoms with Gasteiger partial charge in [-0.15, -0.1) is 0 Å². The molecule has 27 heavy (non-hydrogen) atoms. The largest absolute Gasteiger partial charge is 0.388 e. The number of aliphatic hydroxyl groups is 1. The van der Waals surface area contributed by atoms with Crippen molar-refractivity contribution in [2.75, 3.05) is 13.1 Å². The monoisotopic (exact) mass is 366 g/mol. The van der Waals surface area contributed by atoms with Crippen LogP contribution >= 0.6 is 0 Å². The molecule has 7 nitrogen and oxygen atoms in total. The molecule has 1 amide bonds. The maximum Gasteiger partial charge on any atom is 0.254 e. The van der Waals surface area contributed by atoms with Gasteiger partial charge in [-0.3, -0.25) is 9.78 Å². The first-order valence-corrected chi connectivity index (χ1v) is 9.12. The van der Waals surface area contributed by atoms with E-state index in [1.807, 2.05) is 17.0 Å². The van der Waals surface area contributed by atoms with Crippen molar-refractivity contribution in [1.82, 2.24) is 19.9 Å². The van der Waals surface area contributed by atoms with Gasteiger partial charge >= 0.3 is 0 Å². The van der Waals surface area contributed by atoms with E-state index in [4.69, 9.17) is 4.74 Å². The topological polar surface area (TPSA) is 91.3 Å². The zero-order chi connectivity index (χ0) is 18.6. The number of aromatic nitrogens is 3. The molecule has 3 aromatic rings. The van der Waals surface area contributed by atoms with Gasteiger partial charge in [0, 0.05) is 31.0 Å². The minimum absolute atomic E-state index is 0.00766. The maximum absolute atomic E-state index is 12.9. The number of carbonyl (C=O) groups is 1. The number of nitrogens with one attached hydrogen (secondary N) is 1.